The largest absolute Gasteiger partial charge is 0.326 e. The number of carbonyl (C=O) groups is 1. The molecule has 0 unspecified atom stereocenters. The van der Waals surface area contributed by atoms with Gasteiger partial charge < -0.3 is 5.32 Å². The molecule has 0 saturated heterocycles. The van der Waals surface area contributed by atoms with Crippen molar-refractivity contribution in [1.82, 2.24) is 9.78 Å². The normalized spacial score (nSPS) is 11.9. The number of aryl methyl sites for hydroxylation is 1. The molecule has 142 valence electrons. The number of fused-ring (bicyclic) bond motifs is 4. The maximum absolute atomic E-state index is 12.7. The minimum atomic E-state index is -0.165. The molecule has 0 radical (unpaired) electrons. The lowest BCUT2D eigenvalue weighted by atomic mass is 10.1. The zero-order valence-corrected chi connectivity index (χ0v) is 16.0. The number of hydrogen-bond donors (Lipinski definition) is 1. The van der Waals surface area contributed by atoms with E-state index in [0.29, 0.717) is 16.5 Å². The molecule has 0 saturated carbocycles. The number of hydrogen-bond acceptors (Lipinski definition) is 3. The highest BCUT2D eigenvalue weighted by atomic mass is 16.1. The van der Waals surface area contributed by atoms with E-state index in [1.54, 1.807) is 13.1 Å². The van der Waals surface area contributed by atoms with Crippen molar-refractivity contribution in [2.24, 2.45) is 7.05 Å². The maximum atomic E-state index is 12.7. The molecular weight excluding hydrogens is 362 g/mol. The van der Waals surface area contributed by atoms with E-state index in [2.05, 4.69) is 34.7 Å². The van der Waals surface area contributed by atoms with Gasteiger partial charge in [-0.3, -0.25) is 9.59 Å². The zero-order valence-electron chi connectivity index (χ0n) is 16.0. The third-order valence-corrected chi connectivity index (χ3v) is 5.44. The molecule has 5 rings (SSSR count). The molecule has 0 fully saturated rings. The topological polar surface area (TPSA) is 64.0 Å². The van der Waals surface area contributed by atoms with E-state index in [9.17, 15) is 9.59 Å². The van der Waals surface area contributed by atoms with Gasteiger partial charge in [-0.15, -0.1) is 0 Å². The molecule has 1 aliphatic carbocycles. The number of rotatable bonds is 3. The number of nitrogens with zero attached hydrogens (tertiary/aromatic N) is 2. The van der Waals surface area contributed by atoms with E-state index >= 15 is 0 Å². The first kappa shape index (κ1) is 17.4. The molecule has 1 aliphatic rings. The second kappa shape index (κ2) is 6.71. The summed E-state index contributed by atoms with van der Waals surface area (Å²) in [7, 11) is 1.61. The number of nitrogens with one attached hydrogen (secondary N) is 1. The Morgan fingerprint density at radius 2 is 1.69 bits per heavy atom. The van der Waals surface area contributed by atoms with Crippen LogP contribution in [-0.4, -0.2) is 15.7 Å². The van der Waals surface area contributed by atoms with Gasteiger partial charge in [0, 0.05) is 18.1 Å². The van der Waals surface area contributed by atoms with Gasteiger partial charge >= 0.3 is 0 Å². The van der Waals surface area contributed by atoms with Gasteiger partial charge in [-0.2, -0.15) is 5.10 Å². The second-order valence-electron chi connectivity index (χ2n) is 7.35. The highest BCUT2D eigenvalue weighted by Gasteiger charge is 2.19. The van der Waals surface area contributed by atoms with Crippen LogP contribution in [-0.2, 0) is 24.7 Å². The van der Waals surface area contributed by atoms with Gasteiger partial charge in [0.05, 0.1) is 17.5 Å². The molecule has 0 bridgehead atoms. The Bertz CT molecular complexity index is 1340. The van der Waals surface area contributed by atoms with Crippen molar-refractivity contribution in [3.05, 3.63) is 93.9 Å². The van der Waals surface area contributed by atoms with Gasteiger partial charge in [-0.05, 0) is 46.9 Å². The number of aromatic nitrogens is 2. The first-order chi connectivity index (χ1) is 14.1. The van der Waals surface area contributed by atoms with E-state index in [4.69, 9.17) is 0 Å². The molecule has 4 aromatic rings. The predicted molar refractivity (Wildman–Crippen MR) is 114 cm³/mol. The quantitative estimate of drug-likeness (QED) is 0.518. The number of anilines is 1. The van der Waals surface area contributed by atoms with E-state index in [1.807, 2.05) is 36.4 Å². The lowest BCUT2D eigenvalue weighted by Crippen LogP contribution is -2.24. The summed E-state index contributed by atoms with van der Waals surface area (Å²) in [5, 5.41) is 8.58. The van der Waals surface area contributed by atoms with Crippen molar-refractivity contribution in [2.75, 3.05) is 5.32 Å². The molecule has 1 aromatic heterocycles. The van der Waals surface area contributed by atoms with E-state index in [0.717, 1.165) is 12.1 Å². The molecule has 29 heavy (non-hydrogen) atoms. The van der Waals surface area contributed by atoms with Crippen molar-refractivity contribution < 1.29 is 4.79 Å². The highest BCUT2D eigenvalue weighted by Crippen LogP contribution is 2.37. The average molecular weight is 381 g/mol. The molecule has 5 nitrogen and oxygen atoms in total. The summed E-state index contributed by atoms with van der Waals surface area (Å²) in [5.74, 6) is -0.160. The van der Waals surface area contributed by atoms with Crippen LogP contribution in [0.3, 0.4) is 0 Å². The summed E-state index contributed by atoms with van der Waals surface area (Å²) in [4.78, 5) is 25.0. The summed E-state index contributed by atoms with van der Waals surface area (Å²) in [6, 6.07) is 21.7. The Labute approximate surface area is 167 Å². The van der Waals surface area contributed by atoms with E-state index < -0.39 is 0 Å². The van der Waals surface area contributed by atoms with Crippen molar-refractivity contribution in [3.63, 3.8) is 0 Å². The van der Waals surface area contributed by atoms with Crippen molar-refractivity contribution in [3.8, 4) is 11.1 Å². The van der Waals surface area contributed by atoms with E-state index in [-0.39, 0.29) is 17.9 Å². The predicted octanol–water partition coefficient (Wildman–Crippen LogP) is 3.69. The van der Waals surface area contributed by atoms with Gasteiger partial charge in [0.1, 0.15) is 0 Å². The van der Waals surface area contributed by atoms with Crippen molar-refractivity contribution in [1.29, 1.82) is 0 Å². The monoisotopic (exact) mass is 381 g/mol. The summed E-state index contributed by atoms with van der Waals surface area (Å²) in [6.45, 7) is 0. The Morgan fingerprint density at radius 3 is 2.55 bits per heavy atom. The Hall–Kier alpha value is -3.73. The zero-order chi connectivity index (χ0) is 20.0. The molecule has 0 atom stereocenters. The summed E-state index contributed by atoms with van der Waals surface area (Å²) < 4.78 is 1.29. The molecule has 1 amide bonds. The minimum Gasteiger partial charge on any atom is -0.326 e. The van der Waals surface area contributed by atoms with Crippen LogP contribution in [0.1, 0.15) is 16.8 Å². The summed E-state index contributed by atoms with van der Waals surface area (Å²) >= 11 is 0. The Morgan fingerprint density at radius 1 is 0.966 bits per heavy atom. The van der Waals surface area contributed by atoms with Gasteiger partial charge in [0.25, 0.3) is 5.56 Å². The minimum absolute atomic E-state index is 0.0995. The van der Waals surface area contributed by atoms with Crippen LogP contribution in [0.25, 0.3) is 21.9 Å². The molecular formula is C24H19N3O2. The van der Waals surface area contributed by atoms with Crippen LogP contribution in [0, 0.1) is 0 Å². The molecule has 1 heterocycles. The van der Waals surface area contributed by atoms with Crippen LogP contribution in [0.2, 0.25) is 0 Å². The number of amides is 1. The smallest absolute Gasteiger partial charge is 0.274 e. The molecule has 3 aromatic carbocycles. The lowest BCUT2D eigenvalue weighted by molar-refractivity contribution is -0.115. The third-order valence-electron chi connectivity index (χ3n) is 5.44. The van der Waals surface area contributed by atoms with Crippen LogP contribution in [0.4, 0.5) is 5.69 Å². The van der Waals surface area contributed by atoms with Gasteiger partial charge in [0.15, 0.2) is 0 Å². The van der Waals surface area contributed by atoms with E-state index in [1.165, 1.54) is 26.9 Å². The van der Waals surface area contributed by atoms with Crippen molar-refractivity contribution >= 4 is 22.4 Å². The summed E-state index contributed by atoms with van der Waals surface area (Å²) in [5.41, 5.74) is 6.17. The third kappa shape index (κ3) is 3.01. The lowest BCUT2D eigenvalue weighted by Gasteiger charge is -2.10. The van der Waals surface area contributed by atoms with Crippen LogP contribution >= 0.6 is 0 Å². The molecule has 5 heteroatoms. The molecule has 0 spiro atoms. The number of benzene rings is 3. The fourth-order valence-corrected chi connectivity index (χ4v) is 4.07. The maximum Gasteiger partial charge on any atom is 0.274 e. The fraction of sp³-hybridized carbons (Fsp3) is 0.125. The molecule has 1 N–H and O–H groups in total. The first-order valence-electron chi connectivity index (χ1n) is 9.56. The fourth-order valence-electron chi connectivity index (χ4n) is 4.07. The average Bonchev–Trinajstić information content (AvgIpc) is 3.10. The van der Waals surface area contributed by atoms with Crippen LogP contribution in [0.15, 0.2) is 71.5 Å². The van der Waals surface area contributed by atoms with Crippen LogP contribution in [0.5, 0.6) is 0 Å². The summed E-state index contributed by atoms with van der Waals surface area (Å²) in [6.07, 6.45) is 1.02. The van der Waals surface area contributed by atoms with Crippen molar-refractivity contribution in [2.45, 2.75) is 12.8 Å². The standard InChI is InChI=1S/C24H19N3O2/c1-27-24(29)20-9-5-4-8-19(20)22(26-27)14-23(28)25-17-11-10-16-12-15-6-2-3-7-18(15)21(16)13-17/h2-11,13H,12,14H2,1H3,(H,25,28). The first-order valence-corrected chi connectivity index (χ1v) is 9.56. The van der Waals surface area contributed by atoms with Gasteiger partial charge in [-0.1, -0.05) is 48.5 Å². The van der Waals surface area contributed by atoms with Gasteiger partial charge in [-0.25, -0.2) is 4.68 Å². The Kier molecular flexibility index (Phi) is 4.02. The second-order valence-corrected chi connectivity index (χ2v) is 7.35. The highest BCUT2D eigenvalue weighted by molar-refractivity contribution is 5.96. The Balaban J connectivity index is 1.43. The SMILES string of the molecule is Cn1nc(CC(=O)Nc2ccc3c(c2)-c2ccccc2C3)c2ccccc2c1=O. The number of carbonyl (C=O) groups excluding carboxylic acids is 1. The molecule has 0 aliphatic heterocycles. The van der Waals surface area contributed by atoms with Crippen LogP contribution < -0.4 is 10.9 Å². The van der Waals surface area contributed by atoms with Gasteiger partial charge in [0.2, 0.25) is 5.91 Å².